The molecule has 0 saturated carbocycles. The van der Waals surface area contributed by atoms with Gasteiger partial charge >= 0.3 is 0 Å². The zero-order chi connectivity index (χ0) is 19.7. The second kappa shape index (κ2) is 7.08. The number of aryl methyl sites for hydroxylation is 2. The topological polar surface area (TPSA) is 113 Å². The minimum absolute atomic E-state index is 0.0789. The molecule has 9 nitrogen and oxygen atoms in total. The molecule has 140 valence electrons. The third-order valence-electron chi connectivity index (χ3n) is 4.76. The first-order chi connectivity index (χ1) is 13.6. The Kier molecular flexibility index (Phi) is 4.45. The number of aromatic nitrogens is 6. The van der Waals surface area contributed by atoms with Gasteiger partial charge in [0.1, 0.15) is 11.6 Å². The second-order valence-corrected chi connectivity index (χ2v) is 6.49. The summed E-state index contributed by atoms with van der Waals surface area (Å²) in [5.74, 6) is 0.602. The summed E-state index contributed by atoms with van der Waals surface area (Å²) >= 11 is 0. The molecule has 28 heavy (non-hydrogen) atoms. The number of carbonyl (C=O) groups excluding carboxylic acids is 1. The summed E-state index contributed by atoms with van der Waals surface area (Å²) in [6.45, 7) is 4.12. The van der Waals surface area contributed by atoms with Gasteiger partial charge in [-0.3, -0.25) is 9.20 Å². The van der Waals surface area contributed by atoms with Gasteiger partial charge < -0.3 is 5.32 Å². The maximum atomic E-state index is 12.3. The van der Waals surface area contributed by atoms with E-state index in [1.165, 1.54) is 6.20 Å². The van der Waals surface area contributed by atoms with E-state index in [2.05, 4.69) is 31.7 Å². The number of carbonyl (C=O) groups is 1. The van der Waals surface area contributed by atoms with E-state index in [1.54, 1.807) is 4.52 Å². The van der Waals surface area contributed by atoms with E-state index in [9.17, 15) is 4.79 Å². The zero-order valence-corrected chi connectivity index (χ0v) is 15.5. The molecule has 0 atom stereocenters. The molecule has 0 radical (unpaired) electrons. The lowest BCUT2D eigenvalue weighted by Crippen LogP contribution is -2.24. The highest BCUT2D eigenvalue weighted by Gasteiger charge is 2.15. The number of pyridine rings is 1. The molecular formula is C19H18N8O. The van der Waals surface area contributed by atoms with Gasteiger partial charge in [-0.1, -0.05) is 6.07 Å². The highest BCUT2D eigenvalue weighted by atomic mass is 16.1. The first-order valence-corrected chi connectivity index (χ1v) is 8.87. The summed E-state index contributed by atoms with van der Waals surface area (Å²) in [5, 5.41) is 24.4. The van der Waals surface area contributed by atoms with Gasteiger partial charge in [-0.2, -0.15) is 10.4 Å². The summed E-state index contributed by atoms with van der Waals surface area (Å²) < 4.78 is 3.50. The predicted molar refractivity (Wildman–Crippen MR) is 100 cm³/mol. The molecule has 1 amide bonds. The number of hydrogen-bond donors (Lipinski definition) is 1. The van der Waals surface area contributed by atoms with Gasteiger partial charge in [0.15, 0.2) is 17.1 Å². The monoisotopic (exact) mass is 374 g/mol. The molecule has 1 N–H and O–H groups in total. The van der Waals surface area contributed by atoms with E-state index in [-0.39, 0.29) is 5.91 Å². The SMILES string of the molecule is Cc1nc2c(C#N)cnn2c(C)c1CCC(=O)NCc1nnc2ccccn12. The number of amides is 1. The molecule has 0 aliphatic carbocycles. The first-order valence-electron chi connectivity index (χ1n) is 8.87. The fourth-order valence-electron chi connectivity index (χ4n) is 3.27. The third-order valence-corrected chi connectivity index (χ3v) is 4.76. The van der Waals surface area contributed by atoms with Crippen LogP contribution in [0, 0.1) is 25.2 Å². The molecule has 0 aliphatic rings. The fraction of sp³-hybridized carbons (Fsp3) is 0.263. The Labute approximate surface area is 160 Å². The lowest BCUT2D eigenvalue weighted by molar-refractivity contribution is -0.121. The summed E-state index contributed by atoms with van der Waals surface area (Å²) in [7, 11) is 0. The number of nitriles is 1. The smallest absolute Gasteiger partial charge is 0.220 e. The van der Waals surface area contributed by atoms with Gasteiger partial charge in [-0.25, -0.2) is 9.50 Å². The maximum absolute atomic E-state index is 12.3. The third kappa shape index (κ3) is 3.05. The Morgan fingerprint density at radius 3 is 2.96 bits per heavy atom. The summed E-state index contributed by atoms with van der Waals surface area (Å²) in [6.07, 6.45) is 4.23. The van der Waals surface area contributed by atoms with Crippen LogP contribution in [-0.4, -0.2) is 35.1 Å². The molecule has 0 aliphatic heterocycles. The summed E-state index contributed by atoms with van der Waals surface area (Å²) in [6, 6.07) is 7.74. The molecule has 0 fully saturated rings. The van der Waals surface area contributed by atoms with Gasteiger partial charge in [0.25, 0.3) is 0 Å². The normalized spacial score (nSPS) is 11.0. The molecule has 0 aromatic carbocycles. The molecule has 0 unspecified atom stereocenters. The van der Waals surface area contributed by atoms with Crippen LogP contribution in [0.25, 0.3) is 11.3 Å². The quantitative estimate of drug-likeness (QED) is 0.566. The van der Waals surface area contributed by atoms with Crippen LogP contribution in [0.1, 0.15) is 34.8 Å². The van der Waals surface area contributed by atoms with E-state index >= 15 is 0 Å². The van der Waals surface area contributed by atoms with Crippen molar-refractivity contribution in [3.63, 3.8) is 0 Å². The van der Waals surface area contributed by atoms with E-state index in [0.717, 1.165) is 22.6 Å². The first kappa shape index (κ1) is 17.6. The Morgan fingerprint density at radius 1 is 1.29 bits per heavy atom. The van der Waals surface area contributed by atoms with Crippen molar-refractivity contribution in [3.8, 4) is 6.07 Å². The minimum atomic E-state index is -0.0789. The summed E-state index contributed by atoms with van der Waals surface area (Å²) in [5.41, 5.74) is 4.38. The number of hydrogen-bond acceptors (Lipinski definition) is 6. The Morgan fingerprint density at radius 2 is 2.14 bits per heavy atom. The van der Waals surface area contributed by atoms with Gasteiger partial charge in [0, 0.05) is 24.0 Å². The van der Waals surface area contributed by atoms with E-state index in [0.29, 0.717) is 36.4 Å². The molecule has 0 bridgehead atoms. The molecule has 4 heterocycles. The van der Waals surface area contributed by atoms with Crippen molar-refractivity contribution in [1.82, 2.24) is 34.5 Å². The van der Waals surface area contributed by atoms with Crippen molar-refractivity contribution in [1.29, 1.82) is 5.26 Å². The van der Waals surface area contributed by atoms with E-state index < -0.39 is 0 Å². The van der Waals surface area contributed by atoms with Crippen LogP contribution in [0.15, 0.2) is 30.6 Å². The Balaban J connectivity index is 1.44. The average Bonchev–Trinajstić information content (AvgIpc) is 3.30. The largest absolute Gasteiger partial charge is 0.349 e. The van der Waals surface area contributed by atoms with Crippen LogP contribution in [0.4, 0.5) is 0 Å². The van der Waals surface area contributed by atoms with Crippen molar-refractivity contribution in [2.24, 2.45) is 0 Å². The lowest BCUT2D eigenvalue weighted by Gasteiger charge is -2.11. The Bertz CT molecular complexity index is 1230. The molecule has 4 aromatic rings. The fourth-order valence-corrected chi connectivity index (χ4v) is 3.27. The highest BCUT2D eigenvalue weighted by Crippen LogP contribution is 2.18. The Hall–Kier alpha value is -3.80. The van der Waals surface area contributed by atoms with Gasteiger partial charge in [0.2, 0.25) is 5.91 Å². The van der Waals surface area contributed by atoms with Crippen LogP contribution in [-0.2, 0) is 17.8 Å². The van der Waals surface area contributed by atoms with Crippen LogP contribution >= 0.6 is 0 Å². The molecule has 0 saturated heterocycles. The molecule has 9 heteroatoms. The van der Waals surface area contributed by atoms with Crippen molar-refractivity contribution in [3.05, 3.63) is 58.9 Å². The van der Waals surface area contributed by atoms with Crippen molar-refractivity contribution in [2.75, 3.05) is 0 Å². The van der Waals surface area contributed by atoms with Crippen molar-refractivity contribution >= 4 is 17.2 Å². The van der Waals surface area contributed by atoms with Crippen LogP contribution < -0.4 is 5.32 Å². The molecular weight excluding hydrogens is 356 g/mol. The van der Waals surface area contributed by atoms with Gasteiger partial charge in [0.05, 0.1) is 12.7 Å². The van der Waals surface area contributed by atoms with Crippen LogP contribution in [0.3, 0.4) is 0 Å². The standard InChI is InChI=1S/C19H18N8O/c1-12-15(13(2)27-19(23-12)14(9-20)10-22-27)6-7-18(28)21-11-17-25-24-16-5-3-4-8-26(16)17/h3-5,8,10H,6-7,11H2,1-2H3,(H,21,28). The molecule has 4 aromatic heterocycles. The summed E-state index contributed by atoms with van der Waals surface area (Å²) in [4.78, 5) is 16.8. The number of nitrogens with zero attached hydrogens (tertiary/aromatic N) is 7. The van der Waals surface area contributed by atoms with Crippen molar-refractivity contribution < 1.29 is 4.79 Å². The van der Waals surface area contributed by atoms with Crippen molar-refractivity contribution in [2.45, 2.75) is 33.2 Å². The number of fused-ring (bicyclic) bond motifs is 2. The van der Waals surface area contributed by atoms with Gasteiger partial charge in [-0.15, -0.1) is 10.2 Å². The van der Waals surface area contributed by atoms with E-state index in [4.69, 9.17) is 5.26 Å². The lowest BCUT2D eigenvalue weighted by atomic mass is 10.1. The second-order valence-electron chi connectivity index (χ2n) is 6.49. The molecule has 0 spiro atoms. The predicted octanol–water partition coefficient (Wildman–Crippen LogP) is 1.51. The van der Waals surface area contributed by atoms with Crippen LogP contribution in [0.5, 0.6) is 0 Å². The minimum Gasteiger partial charge on any atom is -0.349 e. The number of nitrogens with one attached hydrogen (secondary N) is 1. The van der Waals surface area contributed by atoms with E-state index in [1.807, 2.05) is 42.6 Å². The van der Waals surface area contributed by atoms with Crippen LogP contribution in [0.2, 0.25) is 0 Å². The highest BCUT2D eigenvalue weighted by molar-refractivity contribution is 5.76. The van der Waals surface area contributed by atoms with Gasteiger partial charge in [-0.05, 0) is 38.0 Å². The maximum Gasteiger partial charge on any atom is 0.220 e. The molecule has 4 rings (SSSR count). The zero-order valence-electron chi connectivity index (χ0n) is 15.5. The average molecular weight is 374 g/mol. The number of rotatable bonds is 5.